The number of nitrogens with zero attached hydrogens (tertiary/aromatic N) is 1. The number of nitrogens with one attached hydrogen (secondary N) is 1. The predicted octanol–water partition coefficient (Wildman–Crippen LogP) is 1.30. The third-order valence-electron chi connectivity index (χ3n) is 1.77. The SMILES string of the molecule is O=c1[nH]nc(C2CC2)cc1Cl. The molecule has 0 radical (unpaired) electrons. The first-order valence-corrected chi connectivity index (χ1v) is 3.90. The molecule has 1 N–H and O–H groups in total. The maximum absolute atomic E-state index is 10.8. The lowest BCUT2D eigenvalue weighted by atomic mass is 10.3. The molecule has 0 aromatic carbocycles. The molecular weight excluding hydrogens is 164 g/mol. The minimum atomic E-state index is -0.309. The summed E-state index contributed by atoms with van der Waals surface area (Å²) in [5, 5.41) is 6.47. The highest BCUT2D eigenvalue weighted by Crippen LogP contribution is 2.38. The Morgan fingerprint density at radius 1 is 1.64 bits per heavy atom. The van der Waals surface area contributed by atoms with Crippen LogP contribution in [0.25, 0.3) is 0 Å². The van der Waals surface area contributed by atoms with Crippen LogP contribution in [0.15, 0.2) is 10.9 Å². The van der Waals surface area contributed by atoms with Gasteiger partial charge in [-0.2, -0.15) is 5.10 Å². The van der Waals surface area contributed by atoms with Crippen LogP contribution >= 0.6 is 11.6 Å². The van der Waals surface area contributed by atoms with Crippen LogP contribution in [-0.2, 0) is 0 Å². The molecular formula is C7H7ClN2O. The molecule has 1 aliphatic rings. The van der Waals surface area contributed by atoms with E-state index in [1.165, 1.54) is 0 Å². The van der Waals surface area contributed by atoms with Gasteiger partial charge in [0.15, 0.2) is 0 Å². The molecule has 1 fully saturated rings. The van der Waals surface area contributed by atoms with Crippen molar-refractivity contribution in [3.63, 3.8) is 0 Å². The fourth-order valence-electron chi connectivity index (χ4n) is 0.985. The smallest absolute Gasteiger partial charge is 0.266 e. The Bertz CT molecular complexity index is 329. The van der Waals surface area contributed by atoms with Gasteiger partial charge in [0.2, 0.25) is 0 Å². The van der Waals surface area contributed by atoms with Gasteiger partial charge in [0, 0.05) is 5.92 Å². The first-order chi connectivity index (χ1) is 5.27. The number of aromatic amines is 1. The third kappa shape index (κ3) is 1.28. The lowest BCUT2D eigenvalue weighted by Crippen LogP contribution is -2.09. The van der Waals surface area contributed by atoms with Crippen LogP contribution < -0.4 is 5.56 Å². The van der Waals surface area contributed by atoms with Crippen LogP contribution in [0.2, 0.25) is 5.02 Å². The zero-order chi connectivity index (χ0) is 7.84. The van der Waals surface area contributed by atoms with Crippen molar-refractivity contribution in [3.8, 4) is 0 Å². The molecule has 0 aliphatic heterocycles. The van der Waals surface area contributed by atoms with Crippen molar-refractivity contribution in [1.29, 1.82) is 0 Å². The zero-order valence-electron chi connectivity index (χ0n) is 5.80. The Kier molecular flexibility index (Phi) is 1.46. The molecule has 1 saturated carbocycles. The Hall–Kier alpha value is -0.830. The van der Waals surface area contributed by atoms with Crippen molar-refractivity contribution in [1.82, 2.24) is 10.2 Å². The fourth-order valence-corrected chi connectivity index (χ4v) is 1.14. The second-order valence-electron chi connectivity index (χ2n) is 2.74. The minimum absolute atomic E-state index is 0.238. The van der Waals surface area contributed by atoms with Gasteiger partial charge in [-0.05, 0) is 18.9 Å². The molecule has 58 valence electrons. The van der Waals surface area contributed by atoms with Gasteiger partial charge in [0.1, 0.15) is 5.02 Å². The molecule has 0 spiro atoms. The Morgan fingerprint density at radius 3 is 2.91 bits per heavy atom. The highest BCUT2D eigenvalue weighted by atomic mass is 35.5. The fraction of sp³-hybridized carbons (Fsp3) is 0.429. The highest BCUT2D eigenvalue weighted by molar-refractivity contribution is 6.30. The van der Waals surface area contributed by atoms with Gasteiger partial charge in [0.05, 0.1) is 5.69 Å². The van der Waals surface area contributed by atoms with E-state index in [1.807, 2.05) is 0 Å². The number of halogens is 1. The Balaban J connectivity index is 2.44. The molecule has 11 heavy (non-hydrogen) atoms. The van der Waals surface area contributed by atoms with E-state index >= 15 is 0 Å². The molecule has 0 amide bonds. The molecule has 1 heterocycles. The van der Waals surface area contributed by atoms with Gasteiger partial charge in [-0.25, -0.2) is 5.10 Å². The van der Waals surface area contributed by atoms with Crippen molar-refractivity contribution in [2.24, 2.45) is 0 Å². The van der Waals surface area contributed by atoms with Gasteiger partial charge in [-0.15, -0.1) is 0 Å². The van der Waals surface area contributed by atoms with E-state index in [1.54, 1.807) is 6.07 Å². The van der Waals surface area contributed by atoms with E-state index in [2.05, 4.69) is 10.2 Å². The average molecular weight is 171 g/mol. The summed E-state index contributed by atoms with van der Waals surface area (Å²) in [6.45, 7) is 0. The lowest BCUT2D eigenvalue weighted by molar-refractivity contribution is 0.888. The predicted molar refractivity (Wildman–Crippen MR) is 41.8 cm³/mol. The third-order valence-corrected chi connectivity index (χ3v) is 2.05. The average Bonchev–Trinajstić information content (AvgIpc) is 2.77. The summed E-state index contributed by atoms with van der Waals surface area (Å²) < 4.78 is 0. The van der Waals surface area contributed by atoms with E-state index < -0.39 is 0 Å². The number of hydrogen-bond acceptors (Lipinski definition) is 2. The van der Waals surface area contributed by atoms with Crippen LogP contribution in [0.4, 0.5) is 0 Å². The molecule has 1 aromatic rings. The van der Waals surface area contributed by atoms with Crippen LogP contribution in [0.3, 0.4) is 0 Å². The molecule has 0 unspecified atom stereocenters. The van der Waals surface area contributed by atoms with Gasteiger partial charge in [0.25, 0.3) is 5.56 Å². The molecule has 4 heteroatoms. The van der Waals surface area contributed by atoms with Gasteiger partial charge in [-0.3, -0.25) is 4.79 Å². The highest BCUT2D eigenvalue weighted by Gasteiger charge is 2.25. The number of hydrogen-bond donors (Lipinski definition) is 1. The topological polar surface area (TPSA) is 45.8 Å². The van der Waals surface area contributed by atoms with Crippen molar-refractivity contribution < 1.29 is 0 Å². The second-order valence-corrected chi connectivity index (χ2v) is 3.15. The molecule has 0 saturated heterocycles. The van der Waals surface area contributed by atoms with E-state index in [-0.39, 0.29) is 10.6 Å². The molecule has 1 aliphatic carbocycles. The summed E-state index contributed by atoms with van der Waals surface area (Å²) in [4.78, 5) is 10.8. The van der Waals surface area contributed by atoms with Crippen molar-refractivity contribution in [3.05, 3.63) is 27.1 Å². The Morgan fingerprint density at radius 2 is 2.36 bits per heavy atom. The van der Waals surface area contributed by atoms with Crippen molar-refractivity contribution >= 4 is 11.6 Å². The van der Waals surface area contributed by atoms with E-state index in [0.29, 0.717) is 5.92 Å². The van der Waals surface area contributed by atoms with E-state index in [0.717, 1.165) is 18.5 Å². The standard InChI is InChI=1S/C7H7ClN2O/c8-5-3-6(4-1-2-4)9-10-7(5)11/h3-4H,1-2H2,(H,10,11). The summed E-state index contributed by atoms with van der Waals surface area (Å²) >= 11 is 5.60. The van der Waals surface area contributed by atoms with Gasteiger partial charge in [-0.1, -0.05) is 11.6 Å². The lowest BCUT2D eigenvalue weighted by Gasteiger charge is -1.94. The quantitative estimate of drug-likeness (QED) is 0.691. The second kappa shape index (κ2) is 2.34. The first kappa shape index (κ1) is 6.85. The number of H-pyrrole nitrogens is 1. The largest absolute Gasteiger partial charge is 0.282 e. The van der Waals surface area contributed by atoms with E-state index in [4.69, 9.17) is 11.6 Å². The summed E-state index contributed by atoms with van der Waals surface area (Å²) in [7, 11) is 0. The van der Waals surface area contributed by atoms with Crippen LogP contribution in [0.5, 0.6) is 0 Å². The summed E-state index contributed by atoms with van der Waals surface area (Å²) in [5.41, 5.74) is 0.602. The van der Waals surface area contributed by atoms with Crippen LogP contribution in [0.1, 0.15) is 24.5 Å². The maximum Gasteiger partial charge on any atom is 0.282 e. The zero-order valence-corrected chi connectivity index (χ0v) is 6.56. The monoisotopic (exact) mass is 170 g/mol. The van der Waals surface area contributed by atoms with Crippen molar-refractivity contribution in [2.45, 2.75) is 18.8 Å². The Labute approximate surface area is 68.4 Å². The molecule has 1 aromatic heterocycles. The number of rotatable bonds is 1. The number of aromatic nitrogens is 2. The van der Waals surface area contributed by atoms with Gasteiger partial charge < -0.3 is 0 Å². The summed E-state index contributed by atoms with van der Waals surface area (Å²) in [6, 6.07) is 1.65. The summed E-state index contributed by atoms with van der Waals surface area (Å²) in [6.07, 6.45) is 2.32. The molecule has 3 nitrogen and oxygen atoms in total. The molecule has 0 atom stereocenters. The van der Waals surface area contributed by atoms with Crippen molar-refractivity contribution in [2.75, 3.05) is 0 Å². The summed E-state index contributed by atoms with van der Waals surface area (Å²) in [5.74, 6) is 0.532. The molecule has 0 bridgehead atoms. The molecule has 2 rings (SSSR count). The minimum Gasteiger partial charge on any atom is -0.266 e. The van der Waals surface area contributed by atoms with Crippen LogP contribution in [0, 0.1) is 0 Å². The van der Waals surface area contributed by atoms with E-state index in [9.17, 15) is 4.79 Å². The maximum atomic E-state index is 10.8. The van der Waals surface area contributed by atoms with Crippen LogP contribution in [-0.4, -0.2) is 10.2 Å². The van der Waals surface area contributed by atoms with Gasteiger partial charge >= 0.3 is 0 Å². The first-order valence-electron chi connectivity index (χ1n) is 3.52. The normalized spacial score (nSPS) is 16.8.